The fourth-order valence-corrected chi connectivity index (χ4v) is 14.8. The van der Waals surface area contributed by atoms with E-state index in [0.717, 1.165) is 19.3 Å². The van der Waals surface area contributed by atoms with Gasteiger partial charge in [0.25, 0.3) is 0 Å². The summed E-state index contributed by atoms with van der Waals surface area (Å²) in [6.45, 7) is 21.1. The second-order valence-electron chi connectivity index (χ2n) is 22.1. The molecule has 12 nitrogen and oxygen atoms in total. The third-order valence-corrected chi connectivity index (χ3v) is 19.6. The molecule has 67 heavy (non-hydrogen) atoms. The van der Waals surface area contributed by atoms with Crippen LogP contribution < -0.4 is 10.3 Å². The Balaban J connectivity index is 1.05. The topological polar surface area (TPSA) is 145 Å². The number of hydrogen-bond donors (Lipinski definition) is 1. The van der Waals surface area contributed by atoms with Gasteiger partial charge >= 0.3 is 17.9 Å². The molecule has 0 spiro atoms. The van der Waals surface area contributed by atoms with Crippen LogP contribution in [0.5, 0.6) is 0 Å². The average molecular weight is 948 g/mol. The maximum atomic E-state index is 16.1. The maximum absolute atomic E-state index is 16.1. The van der Waals surface area contributed by atoms with E-state index >= 15 is 4.39 Å². The molecule has 368 valence electrons. The Bertz CT molecular complexity index is 2330. The average Bonchev–Trinajstić information content (AvgIpc) is 3.70. The van der Waals surface area contributed by atoms with E-state index in [0.29, 0.717) is 85.7 Å². The molecule has 0 amide bonds. The zero-order valence-electron chi connectivity index (χ0n) is 41.2. The first kappa shape index (κ1) is 49.7. The molecule has 12 atom stereocenters. The van der Waals surface area contributed by atoms with Crippen molar-refractivity contribution in [2.75, 3.05) is 30.8 Å². The first-order valence-corrected chi connectivity index (χ1v) is 26.2. The Morgan fingerprint density at radius 3 is 2.33 bits per heavy atom. The molecule has 7 unspecified atom stereocenters. The number of halogens is 1. The smallest absolute Gasteiger partial charge is 0.347 e. The van der Waals surface area contributed by atoms with Crippen molar-refractivity contribution in [2.24, 2.45) is 34.0 Å². The normalized spacial score (nSPS) is 35.3. The number of esters is 3. The molecule has 4 aliphatic heterocycles. The summed E-state index contributed by atoms with van der Waals surface area (Å²) in [5.74, 6) is -3.27. The number of piperidine rings is 2. The van der Waals surface area contributed by atoms with Crippen molar-refractivity contribution in [1.29, 1.82) is 0 Å². The van der Waals surface area contributed by atoms with E-state index in [-0.39, 0.29) is 52.8 Å². The summed E-state index contributed by atoms with van der Waals surface area (Å²) in [5, 5.41) is 10.6. The highest BCUT2D eigenvalue weighted by atomic mass is 32.2. The highest BCUT2D eigenvalue weighted by molar-refractivity contribution is 8.00. The Hall–Kier alpha value is -3.75. The number of fused-ring (bicyclic) bond motifs is 3. The van der Waals surface area contributed by atoms with Gasteiger partial charge in [0.1, 0.15) is 29.4 Å². The van der Waals surface area contributed by atoms with Gasteiger partial charge in [0.05, 0.1) is 23.1 Å². The summed E-state index contributed by atoms with van der Waals surface area (Å²) in [7, 11) is 2.21. The molecule has 2 bridgehead atoms. The molecule has 2 saturated carbocycles. The largest absolute Gasteiger partial charge is 0.461 e. The number of ether oxygens (including phenoxy) is 3. The SMILES string of the molecule is C=C[C@@]1(C)C[C@H](OC(=O)CSC2CC3CCC(C2)N3C)[C@@](C)(C(C)CC)C2C(=O)CCC2(C)[C@H](C)[C@H]1OC(=O)C(C)OC(=O)c1cn2c3c(c(N4CCC(O)CC4)c(F)cc3c1=O)CCC2C. The maximum Gasteiger partial charge on any atom is 0.347 e. The van der Waals surface area contributed by atoms with Gasteiger partial charge in [-0.25, -0.2) is 14.0 Å². The van der Waals surface area contributed by atoms with E-state index in [2.05, 4.69) is 46.2 Å². The van der Waals surface area contributed by atoms with Gasteiger partial charge in [0.15, 0.2) is 6.10 Å². The third-order valence-electron chi connectivity index (χ3n) is 18.4. The molecule has 1 N–H and O–H groups in total. The predicted octanol–water partition coefficient (Wildman–Crippen LogP) is 8.61. The van der Waals surface area contributed by atoms with E-state index < -0.39 is 69.8 Å². The van der Waals surface area contributed by atoms with Gasteiger partial charge in [0.2, 0.25) is 5.43 Å². The highest BCUT2D eigenvalue weighted by Gasteiger charge is 2.65. The number of aryl methyl sites for hydroxylation is 1. The molecular formula is C53H74FN3O9S. The number of rotatable bonds is 12. The third kappa shape index (κ3) is 8.69. The zero-order valence-corrected chi connectivity index (χ0v) is 42.1. The number of nitrogens with zero attached hydrogens (tertiary/aromatic N) is 3. The Morgan fingerprint density at radius 2 is 1.69 bits per heavy atom. The van der Waals surface area contributed by atoms with E-state index in [9.17, 15) is 29.1 Å². The molecule has 6 aliphatic rings. The van der Waals surface area contributed by atoms with Crippen LogP contribution >= 0.6 is 11.8 Å². The summed E-state index contributed by atoms with van der Waals surface area (Å²) in [4.78, 5) is 75.5. The number of Topliss-reactive ketones (excluding diaryl/α,β-unsaturated/α-hetero) is 1. The number of anilines is 1. The van der Waals surface area contributed by atoms with Gasteiger partial charge in [0, 0.05) is 82.7 Å². The van der Waals surface area contributed by atoms with Crippen LogP contribution in [0.2, 0.25) is 0 Å². The number of ketones is 1. The van der Waals surface area contributed by atoms with E-state index in [1.165, 1.54) is 32.0 Å². The van der Waals surface area contributed by atoms with Crippen LogP contribution in [0.3, 0.4) is 0 Å². The van der Waals surface area contributed by atoms with Gasteiger partial charge in [-0.2, -0.15) is 0 Å². The summed E-state index contributed by atoms with van der Waals surface area (Å²) in [6, 6.07) is 2.18. The van der Waals surface area contributed by atoms with Crippen molar-refractivity contribution in [3.05, 3.63) is 52.1 Å². The Labute approximate surface area is 400 Å². The molecule has 5 fully saturated rings. The lowest BCUT2D eigenvalue weighted by atomic mass is 9.48. The molecule has 1 aromatic heterocycles. The lowest BCUT2D eigenvalue weighted by molar-refractivity contribution is -0.201. The van der Waals surface area contributed by atoms with Crippen molar-refractivity contribution in [3.8, 4) is 0 Å². The van der Waals surface area contributed by atoms with Crippen molar-refractivity contribution < 1.29 is 42.9 Å². The Morgan fingerprint density at radius 1 is 1.01 bits per heavy atom. The predicted molar refractivity (Wildman–Crippen MR) is 259 cm³/mol. The van der Waals surface area contributed by atoms with Crippen molar-refractivity contribution in [2.45, 2.75) is 180 Å². The molecule has 3 saturated heterocycles. The van der Waals surface area contributed by atoms with Gasteiger partial charge in [-0.05, 0) is 103 Å². The van der Waals surface area contributed by atoms with Crippen LogP contribution in [0.25, 0.3) is 10.9 Å². The standard InChI is InChI=1S/C53H74FN3O9S/c1-11-29(3)53(9)42(65-43(60)28-67-36-23-33-14-15-34(24-36)55(33)10)26-51(7,12-2)48(31(5)52(8)20-17-41(59)47(52)53)66-49(62)32(6)64-50(63)39-27-57-30(4)13-16-37-44(57)38(46(39)61)25-40(54)45(37)56-21-18-35(58)19-22-56/h12,25,27,29-36,42,47-48,58H,2,11,13-24,26,28H2,1,3-10H3/t29?,30?,31-,32?,33?,34?,36?,42+,47?,48-,51+,52?,53-/m1/s1. The van der Waals surface area contributed by atoms with E-state index in [1.54, 1.807) is 17.8 Å². The first-order chi connectivity index (χ1) is 31.7. The number of aromatic nitrogens is 1. The number of pyridine rings is 1. The molecule has 5 heterocycles. The zero-order chi connectivity index (χ0) is 48.5. The second kappa shape index (κ2) is 18.9. The first-order valence-electron chi connectivity index (χ1n) is 25.1. The molecule has 14 heteroatoms. The number of carbonyl (C=O) groups excluding carboxylic acids is 4. The number of benzene rings is 1. The number of thioether (sulfide) groups is 1. The van der Waals surface area contributed by atoms with Gasteiger partial charge in [-0.3, -0.25) is 14.4 Å². The van der Waals surface area contributed by atoms with Crippen LogP contribution in [-0.4, -0.2) is 106 Å². The molecule has 2 aromatic rings. The summed E-state index contributed by atoms with van der Waals surface area (Å²) < 4.78 is 36.9. The number of carbonyl (C=O) groups is 4. The van der Waals surface area contributed by atoms with E-state index in [4.69, 9.17) is 14.2 Å². The van der Waals surface area contributed by atoms with Crippen molar-refractivity contribution >= 4 is 52.0 Å². The minimum absolute atomic E-state index is 0.000112. The fraction of sp³-hybridized carbons (Fsp3) is 0.717. The van der Waals surface area contributed by atoms with Crippen LogP contribution in [0.4, 0.5) is 10.1 Å². The van der Waals surface area contributed by atoms with Gasteiger partial charge in [-0.1, -0.05) is 54.0 Å². The number of aliphatic hydroxyl groups excluding tert-OH is 1. The summed E-state index contributed by atoms with van der Waals surface area (Å²) >= 11 is 1.68. The fourth-order valence-electron chi connectivity index (χ4n) is 13.7. The molecular weight excluding hydrogens is 874 g/mol. The van der Waals surface area contributed by atoms with Crippen molar-refractivity contribution in [1.82, 2.24) is 9.47 Å². The van der Waals surface area contributed by atoms with Crippen LogP contribution in [0, 0.1) is 39.8 Å². The number of hydrogen-bond acceptors (Lipinski definition) is 12. The molecule has 8 rings (SSSR count). The Kier molecular flexibility index (Phi) is 14.0. The minimum Gasteiger partial charge on any atom is -0.461 e. The number of aliphatic hydroxyl groups is 1. The summed E-state index contributed by atoms with van der Waals surface area (Å²) in [5.41, 5.74) is -1.65. The molecule has 2 aliphatic carbocycles. The highest BCUT2D eigenvalue weighted by Crippen LogP contribution is 2.63. The lowest BCUT2D eigenvalue weighted by Crippen LogP contribution is -2.61. The van der Waals surface area contributed by atoms with E-state index in [1.807, 2.05) is 30.2 Å². The summed E-state index contributed by atoms with van der Waals surface area (Å²) in [6.07, 6.45) is 8.43. The monoisotopic (exact) mass is 948 g/mol. The minimum atomic E-state index is -1.45. The van der Waals surface area contributed by atoms with Crippen LogP contribution in [0.1, 0.15) is 148 Å². The quantitative estimate of drug-likeness (QED) is 0.124. The second-order valence-corrected chi connectivity index (χ2v) is 23.4. The van der Waals surface area contributed by atoms with Crippen LogP contribution in [0.15, 0.2) is 29.7 Å². The van der Waals surface area contributed by atoms with Crippen molar-refractivity contribution in [3.63, 3.8) is 0 Å². The lowest BCUT2D eigenvalue weighted by Gasteiger charge is -2.58. The molecule has 1 aromatic carbocycles. The molecule has 0 radical (unpaired) electrons. The van der Waals surface area contributed by atoms with Crippen LogP contribution in [-0.2, 0) is 35.0 Å². The van der Waals surface area contributed by atoms with Gasteiger partial charge in [-0.15, -0.1) is 18.3 Å². The van der Waals surface area contributed by atoms with Gasteiger partial charge < -0.3 is 33.7 Å².